The van der Waals surface area contributed by atoms with Crippen molar-refractivity contribution in [1.29, 1.82) is 0 Å². The highest BCUT2D eigenvalue weighted by molar-refractivity contribution is 9.09. The molecule has 0 spiro atoms. The number of methoxy groups -OCH3 is 1. The van der Waals surface area contributed by atoms with Crippen LogP contribution in [-0.4, -0.2) is 12.0 Å². The summed E-state index contributed by atoms with van der Waals surface area (Å²) in [5, 5.41) is 10.6. The Labute approximate surface area is 118 Å². The third kappa shape index (κ3) is 2.78. The first-order valence-electron chi connectivity index (χ1n) is 5.55. The van der Waals surface area contributed by atoms with Crippen molar-refractivity contribution in [3.05, 3.63) is 57.3 Å². The number of halogens is 1. The van der Waals surface area contributed by atoms with Gasteiger partial charge in [0, 0.05) is 0 Å². The fourth-order valence-corrected chi connectivity index (χ4v) is 2.55. The third-order valence-corrected chi connectivity index (χ3v) is 3.74. The van der Waals surface area contributed by atoms with E-state index in [4.69, 9.17) is 9.15 Å². The average molecular weight is 326 g/mol. The summed E-state index contributed by atoms with van der Waals surface area (Å²) in [5.74, 6) is 1.01. The Hall–Kier alpha value is -1.82. The van der Waals surface area contributed by atoms with Crippen molar-refractivity contribution in [2.75, 3.05) is 7.11 Å². The maximum Gasteiger partial charge on any atom is 0.433 e. The molecule has 5 nitrogen and oxygen atoms in total. The monoisotopic (exact) mass is 325 g/mol. The summed E-state index contributed by atoms with van der Waals surface area (Å²) in [5.41, 5.74) is 1.99. The summed E-state index contributed by atoms with van der Waals surface area (Å²) in [6.45, 7) is 1.95. The van der Waals surface area contributed by atoms with Crippen molar-refractivity contribution in [3.8, 4) is 5.75 Å². The van der Waals surface area contributed by atoms with Gasteiger partial charge in [0.2, 0.25) is 0 Å². The van der Waals surface area contributed by atoms with Gasteiger partial charge in [0.05, 0.1) is 18.0 Å². The molecule has 0 aliphatic rings. The van der Waals surface area contributed by atoms with Crippen LogP contribution < -0.4 is 4.74 Å². The van der Waals surface area contributed by atoms with Gasteiger partial charge in [-0.15, -0.1) is 0 Å². The normalized spacial score (nSPS) is 12.2. The predicted octanol–water partition coefficient (Wildman–Crippen LogP) is 3.99. The van der Waals surface area contributed by atoms with E-state index < -0.39 is 4.92 Å². The molecule has 1 heterocycles. The van der Waals surface area contributed by atoms with Gasteiger partial charge in [-0.05, 0) is 36.2 Å². The van der Waals surface area contributed by atoms with Crippen LogP contribution in [0, 0.1) is 17.0 Å². The SMILES string of the molecule is COc1ccc(C(Br)c2ccc([N+](=O)[O-])o2)c(C)c1. The molecular formula is C13H12BrNO4. The molecule has 1 aromatic carbocycles. The zero-order chi connectivity index (χ0) is 14.0. The topological polar surface area (TPSA) is 65.5 Å². The quantitative estimate of drug-likeness (QED) is 0.484. The minimum Gasteiger partial charge on any atom is -0.497 e. The molecule has 0 radical (unpaired) electrons. The van der Waals surface area contributed by atoms with Crippen molar-refractivity contribution in [3.63, 3.8) is 0 Å². The van der Waals surface area contributed by atoms with Gasteiger partial charge in [0.25, 0.3) is 0 Å². The summed E-state index contributed by atoms with van der Waals surface area (Å²) in [6.07, 6.45) is 0. The maximum absolute atomic E-state index is 10.6. The van der Waals surface area contributed by atoms with Crippen molar-refractivity contribution in [2.45, 2.75) is 11.8 Å². The van der Waals surface area contributed by atoms with Crippen LogP contribution in [0.5, 0.6) is 5.75 Å². The molecule has 100 valence electrons. The van der Waals surface area contributed by atoms with Gasteiger partial charge in [0.15, 0.2) is 0 Å². The van der Waals surface area contributed by atoms with Crippen LogP contribution in [0.25, 0.3) is 0 Å². The Morgan fingerprint density at radius 1 is 1.37 bits per heavy atom. The van der Waals surface area contributed by atoms with Gasteiger partial charge in [-0.1, -0.05) is 22.0 Å². The highest BCUT2D eigenvalue weighted by Crippen LogP contribution is 2.36. The van der Waals surface area contributed by atoms with Crippen LogP contribution in [0.4, 0.5) is 5.88 Å². The first-order chi connectivity index (χ1) is 9.02. The number of furan rings is 1. The summed E-state index contributed by atoms with van der Waals surface area (Å²) >= 11 is 3.50. The zero-order valence-corrected chi connectivity index (χ0v) is 12.0. The van der Waals surface area contributed by atoms with Crippen molar-refractivity contribution >= 4 is 21.8 Å². The van der Waals surface area contributed by atoms with Gasteiger partial charge in [-0.3, -0.25) is 10.1 Å². The van der Waals surface area contributed by atoms with E-state index in [0.29, 0.717) is 5.76 Å². The van der Waals surface area contributed by atoms with E-state index in [1.165, 1.54) is 6.07 Å². The zero-order valence-electron chi connectivity index (χ0n) is 10.4. The van der Waals surface area contributed by atoms with E-state index in [-0.39, 0.29) is 10.7 Å². The lowest BCUT2D eigenvalue weighted by Crippen LogP contribution is -1.95. The van der Waals surface area contributed by atoms with Crippen LogP contribution in [0.1, 0.15) is 21.7 Å². The van der Waals surface area contributed by atoms with Crippen LogP contribution >= 0.6 is 15.9 Å². The van der Waals surface area contributed by atoms with E-state index >= 15 is 0 Å². The molecule has 0 aliphatic carbocycles. The number of nitrogens with zero attached hydrogens (tertiary/aromatic N) is 1. The van der Waals surface area contributed by atoms with Crippen LogP contribution in [0.15, 0.2) is 34.7 Å². The second-order valence-corrected chi connectivity index (χ2v) is 4.93. The average Bonchev–Trinajstić information content (AvgIpc) is 2.87. The van der Waals surface area contributed by atoms with Gasteiger partial charge < -0.3 is 9.15 Å². The highest BCUT2D eigenvalue weighted by atomic mass is 79.9. The van der Waals surface area contributed by atoms with Crippen LogP contribution in [0.2, 0.25) is 0 Å². The molecule has 6 heteroatoms. The van der Waals surface area contributed by atoms with E-state index in [0.717, 1.165) is 16.9 Å². The first kappa shape index (κ1) is 13.6. The smallest absolute Gasteiger partial charge is 0.433 e. The molecule has 0 aliphatic heterocycles. The van der Waals surface area contributed by atoms with Gasteiger partial charge in [-0.2, -0.15) is 0 Å². The van der Waals surface area contributed by atoms with E-state index in [1.54, 1.807) is 13.2 Å². The lowest BCUT2D eigenvalue weighted by molar-refractivity contribution is -0.402. The lowest BCUT2D eigenvalue weighted by Gasteiger charge is -2.11. The molecule has 1 aromatic heterocycles. The second-order valence-electron chi connectivity index (χ2n) is 4.02. The number of ether oxygens (including phenoxy) is 1. The Balaban J connectivity index is 2.32. The second kappa shape index (κ2) is 5.44. The number of hydrogen-bond donors (Lipinski definition) is 0. The number of alkyl halides is 1. The number of hydrogen-bond acceptors (Lipinski definition) is 4. The predicted molar refractivity (Wildman–Crippen MR) is 73.9 cm³/mol. The largest absolute Gasteiger partial charge is 0.497 e. The fourth-order valence-electron chi connectivity index (χ4n) is 1.79. The molecular weight excluding hydrogens is 314 g/mol. The third-order valence-electron chi connectivity index (χ3n) is 2.79. The van der Waals surface area contributed by atoms with Gasteiger partial charge in [-0.25, -0.2) is 0 Å². The first-order valence-corrected chi connectivity index (χ1v) is 6.47. The van der Waals surface area contributed by atoms with Crippen molar-refractivity contribution < 1.29 is 14.1 Å². The standard InChI is InChI=1S/C13H12BrNO4/c1-8-7-9(18-2)3-4-10(8)13(14)11-5-6-12(19-11)15(16)17/h3-7,13H,1-2H3. The Morgan fingerprint density at radius 2 is 2.11 bits per heavy atom. The highest BCUT2D eigenvalue weighted by Gasteiger charge is 2.20. The Kier molecular flexibility index (Phi) is 3.90. The summed E-state index contributed by atoms with van der Waals surface area (Å²) in [4.78, 5) is 9.82. The van der Waals surface area contributed by atoms with Crippen molar-refractivity contribution in [2.24, 2.45) is 0 Å². The van der Waals surface area contributed by atoms with Gasteiger partial charge >= 0.3 is 5.88 Å². The molecule has 0 saturated heterocycles. The summed E-state index contributed by atoms with van der Waals surface area (Å²) in [6, 6.07) is 8.60. The molecule has 0 saturated carbocycles. The fraction of sp³-hybridized carbons (Fsp3) is 0.231. The molecule has 19 heavy (non-hydrogen) atoms. The number of aryl methyl sites for hydroxylation is 1. The lowest BCUT2D eigenvalue weighted by atomic mass is 10.0. The van der Waals surface area contributed by atoms with Crippen molar-refractivity contribution in [1.82, 2.24) is 0 Å². The van der Waals surface area contributed by atoms with Crippen LogP contribution in [0.3, 0.4) is 0 Å². The molecule has 0 amide bonds. The Bertz CT molecular complexity index is 608. The maximum atomic E-state index is 10.6. The minimum atomic E-state index is -0.551. The van der Waals surface area contributed by atoms with E-state index in [9.17, 15) is 10.1 Å². The molecule has 1 atom stereocenters. The molecule has 0 fully saturated rings. The number of rotatable bonds is 4. The Morgan fingerprint density at radius 3 is 2.63 bits per heavy atom. The molecule has 2 rings (SSSR count). The van der Waals surface area contributed by atoms with Crippen LogP contribution in [-0.2, 0) is 0 Å². The van der Waals surface area contributed by atoms with E-state index in [1.807, 2.05) is 25.1 Å². The van der Waals surface area contributed by atoms with Gasteiger partial charge in [0.1, 0.15) is 16.4 Å². The molecule has 2 aromatic rings. The molecule has 1 unspecified atom stereocenters. The minimum absolute atomic E-state index is 0.230. The molecule has 0 N–H and O–H groups in total. The summed E-state index contributed by atoms with van der Waals surface area (Å²) in [7, 11) is 1.61. The number of nitro groups is 1. The molecule has 0 bridgehead atoms. The van der Waals surface area contributed by atoms with E-state index in [2.05, 4.69) is 15.9 Å². The summed E-state index contributed by atoms with van der Waals surface area (Å²) < 4.78 is 10.3. The number of benzene rings is 1.